The van der Waals surface area contributed by atoms with Crippen LogP contribution >= 0.6 is 23.1 Å². The van der Waals surface area contributed by atoms with Gasteiger partial charge in [0.2, 0.25) is 11.0 Å². The molecule has 0 aliphatic rings. The maximum atomic E-state index is 11.7. The van der Waals surface area contributed by atoms with Crippen LogP contribution < -0.4 is 16.2 Å². The quantitative estimate of drug-likeness (QED) is 0.519. The highest BCUT2D eigenvalue weighted by molar-refractivity contribution is 8.02. The third-order valence-corrected chi connectivity index (χ3v) is 4.29. The Hall–Kier alpha value is -1.35. The van der Waals surface area contributed by atoms with Crippen molar-refractivity contribution in [1.82, 2.24) is 21.0 Å². The second-order valence-electron chi connectivity index (χ2n) is 3.95. The predicted molar refractivity (Wildman–Crippen MR) is 80.6 cm³/mol. The fraction of sp³-hybridized carbons (Fsp3) is 0.636. The van der Waals surface area contributed by atoms with Gasteiger partial charge in [0.05, 0.1) is 5.25 Å². The van der Waals surface area contributed by atoms with Crippen molar-refractivity contribution in [3.63, 3.8) is 0 Å². The van der Waals surface area contributed by atoms with E-state index in [4.69, 9.17) is 0 Å². The Morgan fingerprint density at radius 3 is 2.70 bits per heavy atom. The van der Waals surface area contributed by atoms with Gasteiger partial charge in [0.15, 0.2) is 4.34 Å². The summed E-state index contributed by atoms with van der Waals surface area (Å²) in [5.74, 6) is -0.493. The number of carbonyl (C=O) groups excluding carboxylic acids is 2. The maximum Gasteiger partial charge on any atom is 0.251 e. The van der Waals surface area contributed by atoms with Crippen LogP contribution in [0.3, 0.4) is 0 Å². The lowest BCUT2D eigenvalue weighted by molar-refractivity contribution is -0.128. The number of nitrogens with zero attached hydrogens (tertiary/aromatic N) is 2. The molecule has 0 aliphatic carbocycles. The van der Waals surface area contributed by atoms with Crippen molar-refractivity contribution in [2.75, 3.05) is 11.9 Å². The molecule has 7 nitrogen and oxygen atoms in total. The largest absolute Gasteiger partial charge is 0.360 e. The van der Waals surface area contributed by atoms with E-state index in [1.54, 1.807) is 13.8 Å². The average Bonchev–Trinajstić information content (AvgIpc) is 2.89. The topological polar surface area (TPSA) is 96.0 Å². The molecule has 1 atom stereocenters. The zero-order chi connectivity index (χ0) is 15.0. The fourth-order valence-corrected chi connectivity index (χ4v) is 3.01. The molecule has 112 valence electrons. The van der Waals surface area contributed by atoms with Crippen LogP contribution in [-0.4, -0.2) is 33.8 Å². The normalized spacial score (nSPS) is 11.8. The maximum absolute atomic E-state index is 11.7. The Morgan fingerprint density at radius 2 is 2.05 bits per heavy atom. The summed E-state index contributed by atoms with van der Waals surface area (Å²) in [5, 5.41) is 11.5. The number of hydrazine groups is 1. The summed E-state index contributed by atoms with van der Waals surface area (Å²) in [6, 6.07) is 0. The molecule has 1 aromatic heterocycles. The lowest BCUT2D eigenvalue weighted by Crippen LogP contribution is -2.44. The molecule has 0 spiro atoms. The molecule has 0 saturated carbocycles. The Kier molecular flexibility index (Phi) is 7.31. The van der Waals surface area contributed by atoms with Crippen molar-refractivity contribution in [2.45, 2.75) is 43.2 Å². The number of carbonyl (C=O) groups is 2. The van der Waals surface area contributed by atoms with Crippen LogP contribution in [0.25, 0.3) is 0 Å². The second-order valence-corrected chi connectivity index (χ2v) is 6.52. The summed E-state index contributed by atoms with van der Waals surface area (Å²) in [7, 11) is 0. The number of nitrogens with one attached hydrogen (secondary N) is 3. The van der Waals surface area contributed by atoms with E-state index < -0.39 is 0 Å². The van der Waals surface area contributed by atoms with Gasteiger partial charge in [0.1, 0.15) is 0 Å². The number of rotatable bonds is 7. The van der Waals surface area contributed by atoms with Crippen LogP contribution in [0, 0.1) is 0 Å². The lowest BCUT2D eigenvalue weighted by Gasteiger charge is -2.10. The standard InChI is InChI=1S/C11H19N5O2S2/c1-4-6-12-10-15-16-11(20-10)19-7(3)9(18)14-13-8(17)5-2/h7H,4-6H2,1-3H3,(H,12,15)(H,13,17)(H,14,18)/t7-/m0/s1. The highest BCUT2D eigenvalue weighted by Crippen LogP contribution is 2.28. The van der Waals surface area contributed by atoms with E-state index in [-0.39, 0.29) is 17.1 Å². The third kappa shape index (κ3) is 5.74. The van der Waals surface area contributed by atoms with Crippen molar-refractivity contribution in [2.24, 2.45) is 0 Å². The van der Waals surface area contributed by atoms with Gasteiger partial charge >= 0.3 is 0 Å². The van der Waals surface area contributed by atoms with Gasteiger partial charge in [0, 0.05) is 13.0 Å². The van der Waals surface area contributed by atoms with Gasteiger partial charge in [-0.25, -0.2) is 0 Å². The first-order chi connectivity index (χ1) is 9.56. The van der Waals surface area contributed by atoms with E-state index in [9.17, 15) is 9.59 Å². The molecule has 0 aromatic carbocycles. The number of thioether (sulfide) groups is 1. The van der Waals surface area contributed by atoms with Gasteiger partial charge in [0.25, 0.3) is 5.91 Å². The summed E-state index contributed by atoms with van der Waals surface area (Å²) in [4.78, 5) is 22.8. The first-order valence-corrected chi connectivity index (χ1v) is 8.09. The molecule has 1 heterocycles. The zero-order valence-electron chi connectivity index (χ0n) is 11.7. The minimum absolute atomic E-state index is 0.225. The number of hydrogen-bond donors (Lipinski definition) is 3. The minimum Gasteiger partial charge on any atom is -0.360 e. The second kappa shape index (κ2) is 8.75. The smallest absolute Gasteiger partial charge is 0.251 e. The molecule has 20 heavy (non-hydrogen) atoms. The van der Waals surface area contributed by atoms with Crippen LogP contribution in [0.5, 0.6) is 0 Å². The van der Waals surface area contributed by atoms with Gasteiger partial charge in [-0.15, -0.1) is 10.2 Å². The number of hydrogen-bond acceptors (Lipinski definition) is 7. The molecule has 2 amide bonds. The Morgan fingerprint density at radius 1 is 1.30 bits per heavy atom. The molecule has 0 aliphatic heterocycles. The Balaban J connectivity index is 2.40. The minimum atomic E-state index is -0.362. The third-order valence-electron chi connectivity index (χ3n) is 2.23. The summed E-state index contributed by atoms with van der Waals surface area (Å²) >= 11 is 2.72. The molecule has 0 radical (unpaired) electrons. The van der Waals surface area contributed by atoms with Gasteiger partial charge in [-0.05, 0) is 13.3 Å². The van der Waals surface area contributed by atoms with Crippen LogP contribution in [-0.2, 0) is 9.59 Å². The van der Waals surface area contributed by atoms with Crippen LogP contribution in [0.15, 0.2) is 4.34 Å². The SMILES string of the molecule is CCCNc1nnc(S[C@@H](C)C(=O)NNC(=O)CC)s1. The van der Waals surface area contributed by atoms with E-state index in [1.807, 2.05) is 0 Å². The fourth-order valence-electron chi connectivity index (χ4n) is 1.09. The van der Waals surface area contributed by atoms with E-state index in [0.29, 0.717) is 10.8 Å². The molecular weight excluding hydrogens is 298 g/mol. The molecular formula is C11H19N5O2S2. The highest BCUT2D eigenvalue weighted by Gasteiger charge is 2.17. The molecule has 0 bridgehead atoms. The first-order valence-electron chi connectivity index (χ1n) is 6.39. The monoisotopic (exact) mass is 317 g/mol. The summed E-state index contributed by atoms with van der Waals surface area (Å²) in [6.07, 6.45) is 1.34. The first kappa shape index (κ1) is 16.7. The Bertz CT molecular complexity index is 452. The van der Waals surface area contributed by atoms with Gasteiger partial charge in [-0.1, -0.05) is 36.9 Å². The lowest BCUT2D eigenvalue weighted by atomic mass is 10.4. The molecule has 0 unspecified atom stereocenters. The molecule has 1 rings (SSSR count). The molecule has 1 aromatic rings. The summed E-state index contributed by atoms with van der Waals surface area (Å²) < 4.78 is 0.716. The van der Waals surface area contributed by atoms with Crippen molar-refractivity contribution in [3.8, 4) is 0 Å². The predicted octanol–water partition coefficient (Wildman–Crippen LogP) is 1.40. The molecule has 9 heteroatoms. The number of aromatic nitrogens is 2. The number of anilines is 1. The van der Waals surface area contributed by atoms with Crippen molar-refractivity contribution < 1.29 is 9.59 Å². The highest BCUT2D eigenvalue weighted by atomic mass is 32.2. The van der Waals surface area contributed by atoms with Crippen LogP contribution in [0.1, 0.15) is 33.6 Å². The Labute approximate surface area is 126 Å². The van der Waals surface area contributed by atoms with Gasteiger partial charge in [-0.2, -0.15) is 0 Å². The number of amides is 2. The van der Waals surface area contributed by atoms with Gasteiger partial charge < -0.3 is 5.32 Å². The van der Waals surface area contributed by atoms with Gasteiger partial charge in [-0.3, -0.25) is 20.4 Å². The van der Waals surface area contributed by atoms with E-state index >= 15 is 0 Å². The summed E-state index contributed by atoms with van der Waals surface area (Å²) in [5.41, 5.74) is 4.71. The van der Waals surface area contributed by atoms with E-state index in [2.05, 4.69) is 33.3 Å². The average molecular weight is 317 g/mol. The molecule has 0 saturated heterocycles. The summed E-state index contributed by atoms with van der Waals surface area (Å²) in [6.45, 7) is 6.38. The van der Waals surface area contributed by atoms with Crippen molar-refractivity contribution >= 4 is 40.0 Å². The molecule has 0 fully saturated rings. The zero-order valence-corrected chi connectivity index (χ0v) is 13.4. The van der Waals surface area contributed by atoms with E-state index in [1.165, 1.54) is 23.1 Å². The van der Waals surface area contributed by atoms with Crippen LogP contribution in [0.4, 0.5) is 5.13 Å². The van der Waals surface area contributed by atoms with Crippen LogP contribution in [0.2, 0.25) is 0 Å². The van der Waals surface area contributed by atoms with E-state index in [0.717, 1.165) is 18.1 Å². The van der Waals surface area contributed by atoms with Crippen molar-refractivity contribution in [1.29, 1.82) is 0 Å². The molecule has 3 N–H and O–H groups in total. The van der Waals surface area contributed by atoms with Crippen molar-refractivity contribution in [3.05, 3.63) is 0 Å².